The van der Waals surface area contributed by atoms with Gasteiger partial charge in [0.1, 0.15) is 12.6 Å². The third-order valence-electron chi connectivity index (χ3n) is 3.62. The van der Waals surface area contributed by atoms with Crippen LogP contribution in [0.1, 0.15) is 38.6 Å². The van der Waals surface area contributed by atoms with Crippen molar-refractivity contribution < 1.29 is 9.59 Å². The monoisotopic (exact) mass is 278 g/mol. The van der Waals surface area contributed by atoms with Crippen molar-refractivity contribution >= 4 is 11.8 Å². The maximum Gasteiger partial charge on any atom is 0.245 e. The number of nitrogens with one attached hydrogen (secondary N) is 1. The van der Waals surface area contributed by atoms with Crippen molar-refractivity contribution in [3.8, 4) is 0 Å². The molecule has 1 aliphatic rings. The zero-order chi connectivity index (χ0) is 14.7. The molecule has 1 atom stereocenters. The summed E-state index contributed by atoms with van der Waals surface area (Å²) in [5.74, 6) is -0.0938. The maximum absolute atomic E-state index is 12.3. The summed E-state index contributed by atoms with van der Waals surface area (Å²) in [5.41, 5.74) is 2.00. The van der Waals surface area contributed by atoms with Crippen LogP contribution >= 0.6 is 0 Å². The van der Waals surface area contributed by atoms with Crippen molar-refractivity contribution in [2.24, 2.45) is 0 Å². The number of nitrogens with zero attached hydrogens (tertiary/aromatic N) is 3. The summed E-state index contributed by atoms with van der Waals surface area (Å²) in [7, 11) is 0. The molecule has 0 spiro atoms. The van der Waals surface area contributed by atoms with E-state index in [1.165, 1.54) is 0 Å². The first-order valence-corrected chi connectivity index (χ1v) is 7.22. The molecule has 1 fully saturated rings. The second kappa shape index (κ2) is 6.07. The van der Waals surface area contributed by atoms with Crippen molar-refractivity contribution in [2.45, 2.75) is 52.7 Å². The van der Waals surface area contributed by atoms with E-state index in [-0.39, 0.29) is 24.4 Å². The van der Waals surface area contributed by atoms with Crippen LogP contribution in [0.4, 0.5) is 0 Å². The quantitative estimate of drug-likeness (QED) is 0.862. The molecule has 20 heavy (non-hydrogen) atoms. The van der Waals surface area contributed by atoms with E-state index in [2.05, 4.69) is 17.3 Å². The summed E-state index contributed by atoms with van der Waals surface area (Å²) < 4.78 is 1.90. The molecule has 1 saturated heterocycles. The number of aromatic nitrogens is 2. The third-order valence-corrected chi connectivity index (χ3v) is 3.62. The molecule has 2 heterocycles. The topological polar surface area (TPSA) is 67.2 Å². The Hall–Kier alpha value is -1.85. The van der Waals surface area contributed by atoms with Crippen LogP contribution < -0.4 is 5.32 Å². The highest BCUT2D eigenvalue weighted by Gasteiger charge is 2.31. The van der Waals surface area contributed by atoms with Crippen molar-refractivity contribution in [3.63, 3.8) is 0 Å². The van der Waals surface area contributed by atoms with Crippen molar-refractivity contribution in [2.75, 3.05) is 6.54 Å². The highest BCUT2D eigenvalue weighted by atomic mass is 16.2. The SMILES string of the molecule is CCc1cc(CN2CC(=O)NC(CC)C2=O)n(CC)n1. The lowest BCUT2D eigenvalue weighted by molar-refractivity contribution is -0.145. The Bertz CT molecular complexity index is 509. The van der Waals surface area contributed by atoms with Gasteiger partial charge in [-0.1, -0.05) is 13.8 Å². The molecule has 1 aromatic heterocycles. The minimum Gasteiger partial charge on any atom is -0.343 e. The highest BCUT2D eigenvalue weighted by molar-refractivity contribution is 5.94. The molecule has 0 radical (unpaired) electrons. The predicted octanol–water partition coefficient (Wildman–Crippen LogP) is 0.702. The van der Waals surface area contributed by atoms with Gasteiger partial charge in [-0.3, -0.25) is 14.3 Å². The van der Waals surface area contributed by atoms with Gasteiger partial charge in [0.25, 0.3) is 0 Å². The minimum atomic E-state index is -0.389. The average molecular weight is 278 g/mol. The van der Waals surface area contributed by atoms with Crippen LogP contribution in [0.15, 0.2) is 6.07 Å². The zero-order valence-corrected chi connectivity index (χ0v) is 12.3. The fourth-order valence-corrected chi connectivity index (χ4v) is 2.47. The van der Waals surface area contributed by atoms with Gasteiger partial charge in [-0.15, -0.1) is 0 Å². The highest BCUT2D eigenvalue weighted by Crippen LogP contribution is 2.13. The molecule has 1 unspecified atom stereocenters. The number of carbonyl (C=O) groups is 2. The number of piperazine rings is 1. The summed E-state index contributed by atoms with van der Waals surface area (Å²) in [6.07, 6.45) is 1.49. The Kier molecular flexibility index (Phi) is 4.42. The largest absolute Gasteiger partial charge is 0.343 e. The van der Waals surface area contributed by atoms with E-state index in [1.807, 2.05) is 24.6 Å². The Morgan fingerprint density at radius 3 is 2.70 bits per heavy atom. The van der Waals surface area contributed by atoms with Gasteiger partial charge in [0.2, 0.25) is 11.8 Å². The number of amides is 2. The first-order chi connectivity index (χ1) is 9.58. The summed E-state index contributed by atoms with van der Waals surface area (Å²) in [6, 6.07) is 1.63. The minimum absolute atomic E-state index is 0.00555. The number of hydrogen-bond donors (Lipinski definition) is 1. The molecule has 1 aliphatic heterocycles. The second-order valence-electron chi connectivity index (χ2n) is 5.02. The summed E-state index contributed by atoms with van der Waals surface area (Å²) >= 11 is 0. The Balaban J connectivity index is 2.17. The van der Waals surface area contributed by atoms with Gasteiger partial charge in [0, 0.05) is 6.54 Å². The van der Waals surface area contributed by atoms with Gasteiger partial charge < -0.3 is 10.2 Å². The fourth-order valence-electron chi connectivity index (χ4n) is 2.47. The van der Waals surface area contributed by atoms with Gasteiger partial charge >= 0.3 is 0 Å². The van der Waals surface area contributed by atoms with Gasteiger partial charge in [0.15, 0.2) is 0 Å². The van der Waals surface area contributed by atoms with Gasteiger partial charge in [-0.25, -0.2) is 0 Å². The standard InChI is InChI=1S/C14H22N4O2/c1-4-10-7-11(18(6-3)16-10)8-17-9-13(19)15-12(5-2)14(17)20/h7,12H,4-6,8-9H2,1-3H3,(H,15,19). The maximum atomic E-state index is 12.3. The molecular formula is C14H22N4O2. The number of hydrogen-bond acceptors (Lipinski definition) is 3. The molecule has 0 bridgehead atoms. The van der Waals surface area contributed by atoms with Crippen LogP contribution in [0.25, 0.3) is 0 Å². The Morgan fingerprint density at radius 1 is 1.35 bits per heavy atom. The number of rotatable bonds is 5. The smallest absolute Gasteiger partial charge is 0.245 e. The number of aryl methyl sites for hydroxylation is 2. The van der Waals surface area contributed by atoms with E-state index < -0.39 is 0 Å². The van der Waals surface area contributed by atoms with E-state index in [0.29, 0.717) is 13.0 Å². The van der Waals surface area contributed by atoms with Crippen LogP contribution in [-0.2, 0) is 29.1 Å². The molecule has 6 heteroatoms. The van der Waals surface area contributed by atoms with Gasteiger partial charge in [-0.2, -0.15) is 5.10 Å². The van der Waals surface area contributed by atoms with Crippen LogP contribution in [0.3, 0.4) is 0 Å². The van der Waals surface area contributed by atoms with E-state index >= 15 is 0 Å². The normalized spacial score (nSPS) is 19.4. The zero-order valence-electron chi connectivity index (χ0n) is 12.3. The molecule has 1 N–H and O–H groups in total. The van der Waals surface area contributed by atoms with Gasteiger partial charge in [-0.05, 0) is 25.8 Å². The van der Waals surface area contributed by atoms with Crippen molar-refractivity contribution in [1.82, 2.24) is 20.0 Å². The van der Waals surface area contributed by atoms with Crippen molar-refractivity contribution in [3.05, 3.63) is 17.5 Å². The lowest BCUT2D eigenvalue weighted by Crippen LogP contribution is -2.57. The third kappa shape index (κ3) is 2.84. The van der Waals surface area contributed by atoms with Crippen molar-refractivity contribution in [1.29, 1.82) is 0 Å². The van der Waals surface area contributed by atoms with Crippen LogP contribution in [0, 0.1) is 0 Å². The Morgan fingerprint density at radius 2 is 2.10 bits per heavy atom. The molecule has 1 aromatic rings. The fraction of sp³-hybridized carbons (Fsp3) is 0.643. The van der Waals surface area contributed by atoms with E-state index in [1.54, 1.807) is 4.90 Å². The summed E-state index contributed by atoms with van der Waals surface area (Å²) in [6.45, 7) is 7.32. The number of carbonyl (C=O) groups excluding carboxylic acids is 2. The van der Waals surface area contributed by atoms with Crippen LogP contribution in [0.5, 0.6) is 0 Å². The van der Waals surface area contributed by atoms with E-state index in [4.69, 9.17) is 0 Å². The lowest BCUT2D eigenvalue weighted by Gasteiger charge is -2.32. The van der Waals surface area contributed by atoms with E-state index in [0.717, 1.165) is 24.4 Å². The molecule has 6 nitrogen and oxygen atoms in total. The first kappa shape index (κ1) is 14.6. The average Bonchev–Trinajstić information content (AvgIpc) is 2.84. The lowest BCUT2D eigenvalue weighted by atomic mass is 10.1. The molecule has 2 rings (SSSR count). The molecule has 0 aromatic carbocycles. The van der Waals surface area contributed by atoms with Crippen LogP contribution in [0.2, 0.25) is 0 Å². The molecule has 0 aliphatic carbocycles. The van der Waals surface area contributed by atoms with Crippen LogP contribution in [-0.4, -0.2) is 39.1 Å². The summed E-state index contributed by atoms with van der Waals surface area (Å²) in [5, 5.41) is 7.20. The molecule has 2 amide bonds. The predicted molar refractivity (Wildman–Crippen MR) is 74.9 cm³/mol. The second-order valence-corrected chi connectivity index (χ2v) is 5.02. The van der Waals surface area contributed by atoms with E-state index in [9.17, 15) is 9.59 Å². The molecule has 0 saturated carbocycles. The first-order valence-electron chi connectivity index (χ1n) is 7.22. The Labute approximate surface area is 119 Å². The molecular weight excluding hydrogens is 256 g/mol. The molecule has 110 valence electrons. The summed E-state index contributed by atoms with van der Waals surface area (Å²) in [4.78, 5) is 25.6. The van der Waals surface area contributed by atoms with Gasteiger partial charge in [0.05, 0.1) is 17.9 Å².